The lowest BCUT2D eigenvalue weighted by Crippen LogP contribution is -2.44. The first kappa shape index (κ1) is 14.9. The second kappa shape index (κ2) is 6.17. The lowest BCUT2D eigenvalue weighted by atomic mass is 10.0. The molecule has 1 aromatic heterocycles. The first-order valence-corrected chi connectivity index (χ1v) is 5.91. The Morgan fingerprint density at radius 1 is 1.53 bits per heavy atom. The second-order valence-corrected chi connectivity index (χ2v) is 4.62. The average Bonchev–Trinajstić information content (AvgIpc) is 2.81. The summed E-state index contributed by atoms with van der Waals surface area (Å²) in [5, 5.41) is 2.73. The third-order valence-corrected chi connectivity index (χ3v) is 2.75. The van der Waals surface area contributed by atoms with Crippen LogP contribution >= 0.6 is 0 Å². The molecule has 0 aliphatic carbocycles. The summed E-state index contributed by atoms with van der Waals surface area (Å²) in [6.45, 7) is 5.73. The number of hydrogen-bond acceptors (Lipinski definition) is 4. The molecule has 0 aliphatic rings. The number of esters is 1. The fourth-order valence-corrected chi connectivity index (χ4v) is 1.44. The average molecular weight is 265 g/mol. The SMILES string of the molecule is COC(=O)/C=C/CNC(=O)C(C)(C)n1cnc(C)c1. The number of amides is 1. The summed E-state index contributed by atoms with van der Waals surface area (Å²) in [6.07, 6.45) is 6.25. The molecule has 1 rings (SSSR count). The summed E-state index contributed by atoms with van der Waals surface area (Å²) >= 11 is 0. The van der Waals surface area contributed by atoms with Crippen LogP contribution in [0, 0.1) is 6.92 Å². The van der Waals surface area contributed by atoms with Gasteiger partial charge in [-0.25, -0.2) is 9.78 Å². The van der Waals surface area contributed by atoms with Crippen molar-refractivity contribution in [2.45, 2.75) is 26.3 Å². The van der Waals surface area contributed by atoms with Crippen molar-refractivity contribution >= 4 is 11.9 Å². The Morgan fingerprint density at radius 2 is 2.21 bits per heavy atom. The number of imidazole rings is 1. The van der Waals surface area contributed by atoms with E-state index in [4.69, 9.17) is 0 Å². The molecule has 0 radical (unpaired) electrons. The van der Waals surface area contributed by atoms with Gasteiger partial charge in [0.05, 0.1) is 19.1 Å². The van der Waals surface area contributed by atoms with Crippen LogP contribution in [0.3, 0.4) is 0 Å². The van der Waals surface area contributed by atoms with Crippen molar-refractivity contribution in [3.05, 3.63) is 30.4 Å². The zero-order chi connectivity index (χ0) is 14.5. The van der Waals surface area contributed by atoms with Gasteiger partial charge >= 0.3 is 5.97 Å². The Labute approximate surface area is 112 Å². The molecule has 0 aromatic carbocycles. The van der Waals surface area contributed by atoms with Gasteiger partial charge in [-0.15, -0.1) is 0 Å². The van der Waals surface area contributed by atoms with E-state index in [1.54, 1.807) is 30.8 Å². The van der Waals surface area contributed by atoms with Gasteiger partial charge in [0.1, 0.15) is 5.54 Å². The molecule has 0 aliphatic heterocycles. The molecule has 1 heterocycles. The van der Waals surface area contributed by atoms with Crippen LogP contribution < -0.4 is 5.32 Å². The van der Waals surface area contributed by atoms with Crippen LogP contribution in [0.15, 0.2) is 24.7 Å². The summed E-state index contributed by atoms with van der Waals surface area (Å²) in [6, 6.07) is 0. The molecule has 104 valence electrons. The molecule has 0 fully saturated rings. The number of methoxy groups -OCH3 is 1. The number of aromatic nitrogens is 2. The summed E-state index contributed by atoms with van der Waals surface area (Å²) in [5.74, 6) is -0.599. The quantitative estimate of drug-likeness (QED) is 0.630. The maximum absolute atomic E-state index is 12.1. The number of carbonyl (C=O) groups is 2. The van der Waals surface area contributed by atoms with Gasteiger partial charge in [0.15, 0.2) is 0 Å². The van der Waals surface area contributed by atoms with Crippen LogP contribution in [-0.2, 0) is 19.9 Å². The van der Waals surface area contributed by atoms with Crippen molar-refractivity contribution in [2.24, 2.45) is 0 Å². The predicted molar refractivity (Wildman–Crippen MR) is 70.5 cm³/mol. The molecule has 0 unspecified atom stereocenters. The molecule has 1 aromatic rings. The maximum atomic E-state index is 12.1. The number of ether oxygens (including phenoxy) is 1. The summed E-state index contributed by atoms with van der Waals surface area (Å²) < 4.78 is 6.20. The summed E-state index contributed by atoms with van der Waals surface area (Å²) in [7, 11) is 1.30. The van der Waals surface area contributed by atoms with Gasteiger partial charge in [-0.2, -0.15) is 0 Å². The lowest BCUT2D eigenvalue weighted by molar-refractivity contribution is -0.135. The second-order valence-electron chi connectivity index (χ2n) is 4.62. The highest BCUT2D eigenvalue weighted by Crippen LogP contribution is 2.15. The zero-order valence-electron chi connectivity index (χ0n) is 11.6. The van der Waals surface area contributed by atoms with E-state index in [0.29, 0.717) is 0 Å². The molecule has 6 nitrogen and oxygen atoms in total. The number of aryl methyl sites for hydroxylation is 1. The monoisotopic (exact) mass is 265 g/mol. The van der Waals surface area contributed by atoms with E-state index in [2.05, 4.69) is 15.0 Å². The number of rotatable bonds is 5. The van der Waals surface area contributed by atoms with E-state index < -0.39 is 11.5 Å². The molecule has 0 bridgehead atoms. The standard InChI is InChI=1S/C13H19N3O3/c1-10-8-16(9-15-10)13(2,3)12(18)14-7-5-6-11(17)19-4/h5-6,8-9H,7H2,1-4H3,(H,14,18)/b6-5+. The minimum absolute atomic E-state index is 0.153. The summed E-state index contributed by atoms with van der Waals surface area (Å²) in [4.78, 5) is 27.0. The van der Waals surface area contributed by atoms with Gasteiger partial charge in [-0.1, -0.05) is 6.08 Å². The van der Waals surface area contributed by atoms with E-state index in [1.165, 1.54) is 13.2 Å². The Hall–Kier alpha value is -2.11. The van der Waals surface area contributed by atoms with E-state index in [1.807, 2.05) is 13.1 Å². The lowest BCUT2D eigenvalue weighted by Gasteiger charge is -2.24. The van der Waals surface area contributed by atoms with Crippen molar-refractivity contribution in [2.75, 3.05) is 13.7 Å². The van der Waals surface area contributed by atoms with Crippen molar-refractivity contribution in [3.63, 3.8) is 0 Å². The molecule has 6 heteroatoms. The smallest absolute Gasteiger partial charge is 0.330 e. The first-order chi connectivity index (χ1) is 8.87. The van der Waals surface area contributed by atoms with E-state index in [-0.39, 0.29) is 12.5 Å². The van der Waals surface area contributed by atoms with Crippen LogP contribution in [0.5, 0.6) is 0 Å². The molecule has 1 amide bonds. The molecular weight excluding hydrogens is 246 g/mol. The summed E-state index contributed by atoms with van der Waals surface area (Å²) in [5.41, 5.74) is 0.117. The maximum Gasteiger partial charge on any atom is 0.330 e. The Balaban J connectivity index is 2.58. The molecular formula is C13H19N3O3. The number of hydrogen-bond donors (Lipinski definition) is 1. The van der Waals surface area contributed by atoms with Gasteiger partial charge in [0, 0.05) is 18.8 Å². The fraction of sp³-hybridized carbons (Fsp3) is 0.462. The van der Waals surface area contributed by atoms with Gasteiger partial charge in [-0.3, -0.25) is 4.79 Å². The number of nitrogens with one attached hydrogen (secondary N) is 1. The van der Waals surface area contributed by atoms with E-state index in [0.717, 1.165) is 5.69 Å². The zero-order valence-corrected chi connectivity index (χ0v) is 11.6. The molecule has 0 atom stereocenters. The van der Waals surface area contributed by atoms with Crippen molar-refractivity contribution in [3.8, 4) is 0 Å². The Kier molecular flexibility index (Phi) is 4.86. The molecule has 0 spiro atoms. The third-order valence-electron chi connectivity index (χ3n) is 2.75. The van der Waals surface area contributed by atoms with E-state index >= 15 is 0 Å². The van der Waals surface area contributed by atoms with Gasteiger partial charge in [0.25, 0.3) is 0 Å². The van der Waals surface area contributed by atoms with Gasteiger partial charge in [-0.05, 0) is 20.8 Å². The topological polar surface area (TPSA) is 73.2 Å². The van der Waals surface area contributed by atoms with Crippen molar-refractivity contribution in [1.82, 2.24) is 14.9 Å². The predicted octanol–water partition coefficient (Wildman–Crippen LogP) is 0.772. The van der Waals surface area contributed by atoms with Gasteiger partial charge < -0.3 is 14.6 Å². The van der Waals surface area contributed by atoms with E-state index in [9.17, 15) is 9.59 Å². The van der Waals surface area contributed by atoms with Crippen LogP contribution in [-0.4, -0.2) is 35.1 Å². The minimum atomic E-state index is -0.736. The van der Waals surface area contributed by atoms with Crippen molar-refractivity contribution < 1.29 is 14.3 Å². The van der Waals surface area contributed by atoms with Crippen molar-refractivity contribution in [1.29, 1.82) is 0 Å². The van der Waals surface area contributed by atoms with Crippen LogP contribution in [0.1, 0.15) is 19.5 Å². The van der Waals surface area contributed by atoms with Crippen LogP contribution in [0.2, 0.25) is 0 Å². The molecule has 0 saturated carbocycles. The highest BCUT2D eigenvalue weighted by atomic mass is 16.5. The van der Waals surface area contributed by atoms with Crippen LogP contribution in [0.25, 0.3) is 0 Å². The number of nitrogens with zero attached hydrogens (tertiary/aromatic N) is 2. The normalized spacial score (nSPS) is 11.6. The molecule has 0 saturated heterocycles. The first-order valence-electron chi connectivity index (χ1n) is 5.91. The number of carbonyl (C=O) groups excluding carboxylic acids is 2. The molecule has 1 N–H and O–H groups in total. The Bertz CT molecular complexity index is 489. The highest BCUT2D eigenvalue weighted by molar-refractivity contribution is 5.84. The third kappa shape index (κ3) is 3.94. The minimum Gasteiger partial charge on any atom is -0.466 e. The molecule has 19 heavy (non-hydrogen) atoms. The van der Waals surface area contributed by atoms with Gasteiger partial charge in [0.2, 0.25) is 5.91 Å². The van der Waals surface area contributed by atoms with Crippen LogP contribution in [0.4, 0.5) is 0 Å². The Morgan fingerprint density at radius 3 is 2.74 bits per heavy atom. The highest BCUT2D eigenvalue weighted by Gasteiger charge is 2.28. The fourth-order valence-electron chi connectivity index (χ4n) is 1.44. The largest absolute Gasteiger partial charge is 0.466 e.